The lowest BCUT2D eigenvalue weighted by Gasteiger charge is -1.89. The molecule has 0 saturated heterocycles. The molecule has 68 valence electrons. The van der Waals surface area contributed by atoms with Gasteiger partial charge in [-0.2, -0.15) is 0 Å². The van der Waals surface area contributed by atoms with Gasteiger partial charge in [0.25, 0.3) is 5.89 Å². The molecule has 0 unspecified atom stereocenters. The molecule has 4 heteroatoms. The van der Waals surface area contributed by atoms with Crippen LogP contribution in [0.2, 0.25) is 0 Å². The maximum absolute atomic E-state index is 5.40. The number of hydrogen-bond donors (Lipinski definition) is 1. The summed E-state index contributed by atoms with van der Waals surface area (Å²) in [6.45, 7) is 2.31. The Hall–Kier alpha value is -1.55. The normalized spacial score (nSPS) is 10.6. The van der Waals surface area contributed by atoms with Gasteiger partial charge in [-0.15, -0.1) is 0 Å². The molecule has 0 atom stereocenters. The largest absolute Gasteiger partial charge is 0.459 e. The molecule has 0 saturated carbocycles. The first kappa shape index (κ1) is 8.07. The van der Waals surface area contributed by atoms with E-state index in [0.717, 1.165) is 11.3 Å². The fourth-order valence-corrected chi connectivity index (χ4v) is 1.10. The van der Waals surface area contributed by atoms with Crippen LogP contribution >= 0.6 is 0 Å². The minimum absolute atomic E-state index is 0.378. The van der Waals surface area contributed by atoms with Crippen molar-refractivity contribution in [3.8, 4) is 11.7 Å². The first-order chi connectivity index (χ1) is 6.31. The Balaban J connectivity index is 2.41. The molecule has 4 nitrogen and oxygen atoms in total. The molecule has 0 spiro atoms. The number of furan rings is 1. The summed E-state index contributed by atoms with van der Waals surface area (Å²) in [5.41, 5.74) is 7.13. The first-order valence-electron chi connectivity index (χ1n) is 4.00. The number of oxazole rings is 1. The second-order valence-electron chi connectivity index (χ2n) is 2.78. The molecule has 0 amide bonds. The Labute approximate surface area is 75.4 Å². The molecule has 13 heavy (non-hydrogen) atoms. The molecule has 2 aromatic rings. The minimum Gasteiger partial charge on any atom is -0.459 e. The number of hydrogen-bond acceptors (Lipinski definition) is 4. The van der Waals surface area contributed by atoms with Gasteiger partial charge in [-0.25, -0.2) is 4.98 Å². The second kappa shape index (κ2) is 3.06. The lowest BCUT2D eigenvalue weighted by molar-refractivity contribution is 0.515. The summed E-state index contributed by atoms with van der Waals surface area (Å²) in [7, 11) is 0. The van der Waals surface area contributed by atoms with Gasteiger partial charge < -0.3 is 14.6 Å². The van der Waals surface area contributed by atoms with Crippen LogP contribution in [0.3, 0.4) is 0 Å². The van der Waals surface area contributed by atoms with Crippen LogP contribution in [0.5, 0.6) is 0 Å². The van der Waals surface area contributed by atoms with Crippen molar-refractivity contribution in [2.24, 2.45) is 5.73 Å². The van der Waals surface area contributed by atoms with Crippen molar-refractivity contribution in [1.29, 1.82) is 0 Å². The molecule has 2 N–H and O–H groups in total. The standard InChI is InChI=1S/C9H10N2O2/c1-6-2-3-12-8(6)9-11-7(4-10)5-13-9/h2-3,5H,4,10H2,1H3. The van der Waals surface area contributed by atoms with Crippen LogP contribution < -0.4 is 5.73 Å². The van der Waals surface area contributed by atoms with E-state index < -0.39 is 0 Å². The fourth-order valence-electron chi connectivity index (χ4n) is 1.10. The number of aromatic nitrogens is 1. The van der Waals surface area contributed by atoms with Gasteiger partial charge in [0.1, 0.15) is 6.26 Å². The third kappa shape index (κ3) is 1.36. The van der Waals surface area contributed by atoms with E-state index in [9.17, 15) is 0 Å². The van der Waals surface area contributed by atoms with Crippen molar-refractivity contribution in [2.75, 3.05) is 0 Å². The summed E-state index contributed by atoms with van der Waals surface area (Å²) < 4.78 is 10.4. The molecule has 2 heterocycles. The summed E-state index contributed by atoms with van der Waals surface area (Å²) in [6.07, 6.45) is 3.15. The predicted molar refractivity (Wildman–Crippen MR) is 46.8 cm³/mol. The van der Waals surface area contributed by atoms with Gasteiger partial charge in [0.05, 0.1) is 12.0 Å². The minimum atomic E-state index is 0.378. The van der Waals surface area contributed by atoms with Crippen LogP contribution in [0.4, 0.5) is 0 Å². The van der Waals surface area contributed by atoms with Crippen LogP contribution in [0.25, 0.3) is 11.7 Å². The van der Waals surface area contributed by atoms with Crippen molar-refractivity contribution >= 4 is 0 Å². The highest BCUT2D eigenvalue weighted by Gasteiger charge is 2.11. The van der Waals surface area contributed by atoms with Gasteiger partial charge in [-0.1, -0.05) is 0 Å². The van der Waals surface area contributed by atoms with E-state index >= 15 is 0 Å². The van der Waals surface area contributed by atoms with E-state index in [4.69, 9.17) is 14.6 Å². The van der Waals surface area contributed by atoms with Crippen LogP contribution in [0.15, 0.2) is 27.4 Å². The number of rotatable bonds is 2. The Morgan fingerprint density at radius 2 is 2.31 bits per heavy atom. The maximum atomic E-state index is 5.40. The third-order valence-electron chi connectivity index (χ3n) is 1.82. The number of aryl methyl sites for hydroxylation is 1. The quantitative estimate of drug-likeness (QED) is 0.760. The molecule has 2 rings (SSSR count). The van der Waals surface area contributed by atoms with E-state index in [1.165, 1.54) is 6.26 Å². The molecular formula is C9H10N2O2. The Kier molecular flexibility index (Phi) is 1.90. The molecule has 0 bridgehead atoms. The zero-order valence-corrected chi connectivity index (χ0v) is 7.28. The summed E-state index contributed by atoms with van der Waals surface area (Å²) in [5, 5.41) is 0. The van der Waals surface area contributed by atoms with E-state index in [0.29, 0.717) is 18.2 Å². The van der Waals surface area contributed by atoms with E-state index in [-0.39, 0.29) is 0 Å². The summed E-state index contributed by atoms with van der Waals surface area (Å²) in [4.78, 5) is 4.15. The zero-order valence-electron chi connectivity index (χ0n) is 7.28. The van der Waals surface area contributed by atoms with Crippen LogP contribution in [0.1, 0.15) is 11.3 Å². The van der Waals surface area contributed by atoms with E-state index in [2.05, 4.69) is 4.98 Å². The molecule has 0 aliphatic carbocycles. The van der Waals surface area contributed by atoms with Crippen LogP contribution in [-0.4, -0.2) is 4.98 Å². The average Bonchev–Trinajstić information content (AvgIpc) is 2.71. The van der Waals surface area contributed by atoms with E-state index in [1.54, 1.807) is 6.26 Å². The SMILES string of the molecule is Cc1ccoc1-c1nc(CN)co1. The summed E-state index contributed by atoms with van der Waals surface area (Å²) in [6, 6.07) is 1.86. The van der Waals surface area contributed by atoms with Crippen molar-refractivity contribution in [3.63, 3.8) is 0 Å². The lowest BCUT2D eigenvalue weighted by Crippen LogP contribution is -1.95. The van der Waals surface area contributed by atoms with Gasteiger partial charge in [-0.3, -0.25) is 0 Å². The van der Waals surface area contributed by atoms with Crippen molar-refractivity contribution in [2.45, 2.75) is 13.5 Å². The Bertz CT molecular complexity index is 403. The van der Waals surface area contributed by atoms with Gasteiger partial charge in [0.15, 0.2) is 5.76 Å². The number of nitrogens with zero attached hydrogens (tertiary/aromatic N) is 1. The number of nitrogens with two attached hydrogens (primary N) is 1. The van der Waals surface area contributed by atoms with Crippen LogP contribution in [-0.2, 0) is 6.54 Å². The summed E-state index contributed by atoms with van der Waals surface area (Å²) in [5.74, 6) is 1.16. The first-order valence-corrected chi connectivity index (χ1v) is 4.00. The Morgan fingerprint density at radius 3 is 2.85 bits per heavy atom. The monoisotopic (exact) mass is 178 g/mol. The molecular weight excluding hydrogens is 168 g/mol. The van der Waals surface area contributed by atoms with Gasteiger partial charge in [0.2, 0.25) is 0 Å². The average molecular weight is 178 g/mol. The molecule has 2 aromatic heterocycles. The third-order valence-corrected chi connectivity index (χ3v) is 1.82. The summed E-state index contributed by atoms with van der Waals surface area (Å²) >= 11 is 0. The van der Waals surface area contributed by atoms with Crippen molar-refractivity contribution < 1.29 is 8.83 Å². The van der Waals surface area contributed by atoms with E-state index in [1.807, 2.05) is 13.0 Å². The van der Waals surface area contributed by atoms with Gasteiger partial charge in [-0.05, 0) is 13.0 Å². The fraction of sp³-hybridized carbons (Fsp3) is 0.222. The molecule has 0 aliphatic heterocycles. The molecule has 0 radical (unpaired) electrons. The highest BCUT2D eigenvalue weighted by Crippen LogP contribution is 2.22. The zero-order chi connectivity index (χ0) is 9.26. The highest BCUT2D eigenvalue weighted by molar-refractivity contribution is 5.49. The van der Waals surface area contributed by atoms with Gasteiger partial charge >= 0.3 is 0 Å². The smallest absolute Gasteiger partial charge is 0.263 e. The van der Waals surface area contributed by atoms with Crippen molar-refractivity contribution in [1.82, 2.24) is 4.98 Å². The maximum Gasteiger partial charge on any atom is 0.263 e. The van der Waals surface area contributed by atoms with Gasteiger partial charge in [0, 0.05) is 12.1 Å². The van der Waals surface area contributed by atoms with Crippen molar-refractivity contribution in [3.05, 3.63) is 29.9 Å². The molecule has 0 aromatic carbocycles. The predicted octanol–water partition coefficient (Wildman–Crippen LogP) is 1.70. The second-order valence-corrected chi connectivity index (χ2v) is 2.78. The van der Waals surface area contributed by atoms with Crippen LogP contribution in [0, 0.1) is 6.92 Å². The molecule has 0 fully saturated rings. The highest BCUT2D eigenvalue weighted by atomic mass is 16.4. The topological polar surface area (TPSA) is 65.2 Å². The lowest BCUT2D eigenvalue weighted by atomic mass is 10.3. The molecule has 0 aliphatic rings. The Morgan fingerprint density at radius 1 is 1.46 bits per heavy atom.